The van der Waals surface area contributed by atoms with Gasteiger partial charge in [-0.3, -0.25) is 9.59 Å². The maximum Gasteiger partial charge on any atom is 0.231 e. The highest BCUT2D eigenvalue weighted by Crippen LogP contribution is 2.37. The van der Waals surface area contributed by atoms with Gasteiger partial charge >= 0.3 is 0 Å². The van der Waals surface area contributed by atoms with Gasteiger partial charge in [-0.2, -0.15) is 0 Å². The maximum absolute atomic E-state index is 12.7. The SMILES string of the molecule is C[C@]1(Cc2ccc3c(c2)OCO3)CCCN(C(=O)CCN2CCCC2=O)C1. The van der Waals surface area contributed by atoms with Crippen LogP contribution in [0.15, 0.2) is 18.2 Å². The standard InChI is InChI=1S/C21H28N2O4/c1-21(13-16-5-6-17-18(12-16)27-15-26-17)8-3-10-23(14-21)20(25)7-11-22-9-2-4-19(22)24/h5-6,12H,2-4,7-11,13-15H2,1H3/t21-/m1/s1. The van der Waals surface area contributed by atoms with Crippen LogP contribution in [-0.2, 0) is 16.0 Å². The summed E-state index contributed by atoms with van der Waals surface area (Å²) in [5.74, 6) is 1.98. The Morgan fingerprint density at radius 3 is 2.85 bits per heavy atom. The minimum atomic E-state index is 0.0606. The normalized spacial score (nSPS) is 24.6. The Hall–Kier alpha value is -2.24. The van der Waals surface area contributed by atoms with E-state index >= 15 is 0 Å². The number of hydrogen-bond acceptors (Lipinski definition) is 4. The number of piperidine rings is 1. The molecule has 1 aromatic carbocycles. The predicted octanol–water partition coefficient (Wildman–Crippen LogP) is 2.60. The van der Waals surface area contributed by atoms with Crippen LogP contribution in [-0.4, -0.2) is 54.6 Å². The second-order valence-electron chi connectivity index (χ2n) is 8.33. The minimum absolute atomic E-state index is 0.0606. The van der Waals surface area contributed by atoms with Crippen LogP contribution in [0.5, 0.6) is 11.5 Å². The molecule has 0 unspecified atom stereocenters. The number of amides is 2. The molecule has 0 aromatic heterocycles. The largest absolute Gasteiger partial charge is 0.454 e. The highest BCUT2D eigenvalue weighted by Gasteiger charge is 2.34. The van der Waals surface area contributed by atoms with Crippen molar-refractivity contribution in [3.05, 3.63) is 23.8 Å². The van der Waals surface area contributed by atoms with Gasteiger partial charge in [-0.1, -0.05) is 13.0 Å². The van der Waals surface area contributed by atoms with Crippen LogP contribution in [0.1, 0.15) is 44.6 Å². The maximum atomic E-state index is 12.7. The molecule has 1 aromatic rings. The van der Waals surface area contributed by atoms with Gasteiger partial charge in [0.1, 0.15) is 0 Å². The molecule has 2 fully saturated rings. The molecule has 1 atom stereocenters. The van der Waals surface area contributed by atoms with Gasteiger partial charge < -0.3 is 19.3 Å². The van der Waals surface area contributed by atoms with Crippen LogP contribution < -0.4 is 9.47 Å². The van der Waals surface area contributed by atoms with Crippen molar-refractivity contribution in [2.45, 2.75) is 45.4 Å². The molecule has 0 radical (unpaired) electrons. The van der Waals surface area contributed by atoms with Gasteiger partial charge in [-0.15, -0.1) is 0 Å². The topological polar surface area (TPSA) is 59.1 Å². The fourth-order valence-corrected chi connectivity index (χ4v) is 4.55. The summed E-state index contributed by atoms with van der Waals surface area (Å²) < 4.78 is 10.9. The van der Waals surface area contributed by atoms with E-state index < -0.39 is 0 Å². The first-order valence-electron chi connectivity index (χ1n) is 9.97. The van der Waals surface area contributed by atoms with Crippen molar-refractivity contribution in [2.24, 2.45) is 5.41 Å². The van der Waals surface area contributed by atoms with Crippen molar-refractivity contribution < 1.29 is 19.1 Å². The number of hydrogen-bond donors (Lipinski definition) is 0. The zero-order valence-corrected chi connectivity index (χ0v) is 16.0. The number of carbonyl (C=O) groups is 2. The van der Waals surface area contributed by atoms with E-state index in [0.29, 0.717) is 19.4 Å². The first kappa shape index (κ1) is 18.1. The van der Waals surface area contributed by atoms with Crippen molar-refractivity contribution in [1.82, 2.24) is 9.80 Å². The molecule has 0 aliphatic carbocycles. The molecule has 6 nitrogen and oxygen atoms in total. The number of rotatable bonds is 5. The van der Waals surface area contributed by atoms with E-state index in [1.165, 1.54) is 5.56 Å². The van der Waals surface area contributed by atoms with Crippen molar-refractivity contribution in [3.63, 3.8) is 0 Å². The van der Waals surface area contributed by atoms with Crippen molar-refractivity contribution in [2.75, 3.05) is 33.0 Å². The van der Waals surface area contributed by atoms with Gasteiger partial charge in [-0.25, -0.2) is 0 Å². The fraction of sp³-hybridized carbons (Fsp3) is 0.619. The van der Waals surface area contributed by atoms with Crippen LogP contribution in [0.3, 0.4) is 0 Å². The van der Waals surface area contributed by atoms with Crippen LogP contribution in [0.4, 0.5) is 0 Å². The molecule has 4 rings (SSSR count). The van der Waals surface area contributed by atoms with Crippen LogP contribution in [0.25, 0.3) is 0 Å². The lowest BCUT2D eigenvalue weighted by Crippen LogP contribution is -2.46. The Kier molecular flexibility index (Phi) is 4.98. The molecule has 0 spiro atoms. The molecule has 0 bridgehead atoms. The molecular weight excluding hydrogens is 344 g/mol. The third-order valence-corrected chi connectivity index (χ3v) is 5.97. The summed E-state index contributed by atoms with van der Waals surface area (Å²) in [4.78, 5) is 28.3. The average molecular weight is 372 g/mol. The first-order valence-corrected chi connectivity index (χ1v) is 9.97. The smallest absolute Gasteiger partial charge is 0.231 e. The van der Waals surface area contributed by atoms with Crippen molar-refractivity contribution in [3.8, 4) is 11.5 Å². The Labute approximate surface area is 160 Å². The third-order valence-electron chi connectivity index (χ3n) is 5.97. The van der Waals surface area contributed by atoms with Crippen molar-refractivity contribution in [1.29, 1.82) is 0 Å². The zero-order chi connectivity index (χ0) is 18.9. The van der Waals surface area contributed by atoms with Gasteiger partial charge in [0, 0.05) is 39.0 Å². The Morgan fingerprint density at radius 2 is 2.04 bits per heavy atom. The summed E-state index contributed by atoms with van der Waals surface area (Å²) in [6.45, 7) is 5.51. The second kappa shape index (κ2) is 7.41. The van der Waals surface area contributed by atoms with Gasteiger partial charge in [0.05, 0.1) is 0 Å². The number of benzene rings is 1. The lowest BCUT2D eigenvalue weighted by molar-refractivity contribution is -0.135. The zero-order valence-electron chi connectivity index (χ0n) is 16.0. The molecule has 2 amide bonds. The summed E-state index contributed by atoms with van der Waals surface area (Å²) in [5.41, 5.74) is 1.28. The lowest BCUT2D eigenvalue weighted by atomic mass is 9.77. The molecule has 0 N–H and O–H groups in total. The summed E-state index contributed by atoms with van der Waals surface area (Å²) in [6.07, 6.45) is 5.03. The molecular formula is C21H28N2O4. The van der Waals surface area contributed by atoms with Gasteiger partial charge in [-0.05, 0) is 48.8 Å². The van der Waals surface area contributed by atoms with E-state index in [4.69, 9.17) is 9.47 Å². The van der Waals surface area contributed by atoms with E-state index in [0.717, 1.165) is 56.8 Å². The van der Waals surface area contributed by atoms with Crippen LogP contribution in [0, 0.1) is 5.41 Å². The molecule has 6 heteroatoms. The number of likely N-dealkylation sites (tertiary alicyclic amines) is 2. The molecule has 146 valence electrons. The minimum Gasteiger partial charge on any atom is -0.454 e. The molecule has 2 saturated heterocycles. The fourth-order valence-electron chi connectivity index (χ4n) is 4.55. The Balaban J connectivity index is 1.35. The van der Waals surface area contributed by atoms with E-state index in [9.17, 15) is 9.59 Å². The summed E-state index contributed by atoms with van der Waals surface area (Å²) >= 11 is 0. The molecule has 0 saturated carbocycles. The summed E-state index contributed by atoms with van der Waals surface area (Å²) in [5, 5.41) is 0. The Morgan fingerprint density at radius 1 is 1.19 bits per heavy atom. The van der Waals surface area contributed by atoms with E-state index in [-0.39, 0.29) is 24.0 Å². The van der Waals surface area contributed by atoms with E-state index in [1.54, 1.807) is 0 Å². The number of ether oxygens (including phenoxy) is 2. The van der Waals surface area contributed by atoms with E-state index in [2.05, 4.69) is 19.1 Å². The summed E-state index contributed by atoms with van der Waals surface area (Å²) in [6, 6.07) is 6.13. The number of carbonyl (C=O) groups excluding carboxylic acids is 2. The van der Waals surface area contributed by atoms with Crippen LogP contribution >= 0.6 is 0 Å². The third kappa shape index (κ3) is 4.04. The van der Waals surface area contributed by atoms with Crippen LogP contribution in [0.2, 0.25) is 0 Å². The molecule has 27 heavy (non-hydrogen) atoms. The average Bonchev–Trinajstić information content (AvgIpc) is 3.27. The van der Waals surface area contributed by atoms with Gasteiger partial charge in [0.15, 0.2) is 11.5 Å². The quantitative estimate of drug-likeness (QED) is 0.797. The van der Waals surface area contributed by atoms with Gasteiger partial charge in [0.25, 0.3) is 0 Å². The van der Waals surface area contributed by atoms with E-state index in [1.807, 2.05) is 15.9 Å². The highest BCUT2D eigenvalue weighted by atomic mass is 16.7. The van der Waals surface area contributed by atoms with Gasteiger partial charge in [0.2, 0.25) is 18.6 Å². The summed E-state index contributed by atoms with van der Waals surface area (Å²) in [7, 11) is 0. The Bertz CT molecular complexity index is 735. The number of fused-ring (bicyclic) bond motifs is 1. The molecule has 3 aliphatic heterocycles. The first-order chi connectivity index (χ1) is 13.0. The monoisotopic (exact) mass is 372 g/mol. The molecule has 3 aliphatic rings. The second-order valence-corrected chi connectivity index (χ2v) is 8.33. The molecule has 3 heterocycles. The highest BCUT2D eigenvalue weighted by molar-refractivity contribution is 5.80. The number of nitrogens with zero attached hydrogens (tertiary/aromatic N) is 2. The predicted molar refractivity (Wildman–Crippen MR) is 101 cm³/mol. The van der Waals surface area contributed by atoms with Crippen molar-refractivity contribution >= 4 is 11.8 Å². The lowest BCUT2D eigenvalue weighted by Gasteiger charge is -2.41.